The van der Waals surface area contributed by atoms with Crippen molar-refractivity contribution in [3.63, 3.8) is 0 Å². The third-order valence-electron chi connectivity index (χ3n) is 3.28. The average molecular weight is 295 g/mol. The highest BCUT2D eigenvalue weighted by Gasteiger charge is 2.17. The molecule has 0 aliphatic carbocycles. The molecule has 1 heterocycles. The zero-order chi connectivity index (χ0) is 14.4. The summed E-state index contributed by atoms with van der Waals surface area (Å²) >= 11 is 1.50. The Labute approximate surface area is 124 Å². The first-order chi connectivity index (χ1) is 9.69. The second-order valence-electron chi connectivity index (χ2n) is 4.74. The van der Waals surface area contributed by atoms with Gasteiger partial charge in [0.15, 0.2) is 0 Å². The van der Waals surface area contributed by atoms with Crippen LogP contribution < -0.4 is 9.62 Å². The fraction of sp³-hybridized carbons (Fsp3) is 0.500. The van der Waals surface area contributed by atoms with E-state index in [0.717, 1.165) is 26.2 Å². The minimum Gasteiger partial charge on any atom is -0.468 e. The van der Waals surface area contributed by atoms with E-state index in [-0.39, 0.29) is 12.5 Å². The third-order valence-corrected chi connectivity index (χ3v) is 4.17. The van der Waals surface area contributed by atoms with Crippen molar-refractivity contribution in [2.75, 3.05) is 44.7 Å². The molecule has 0 amide bonds. The van der Waals surface area contributed by atoms with Gasteiger partial charge in [-0.3, -0.25) is 4.79 Å². The van der Waals surface area contributed by atoms with E-state index in [9.17, 15) is 4.79 Å². The Morgan fingerprint density at radius 2 is 1.90 bits per heavy atom. The molecule has 0 radical (unpaired) electrons. The number of carbonyl (C=O) groups is 1. The molecule has 1 N–H and O–H groups in total. The first-order valence-corrected chi connectivity index (χ1v) is 7.49. The van der Waals surface area contributed by atoms with Gasteiger partial charge >= 0.3 is 5.97 Å². The van der Waals surface area contributed by atoms with Crippen LogP contribution in [0.25, 0.3) is 0 Å². The molecule has 0 unspecified atom stereocenters. The lowest BCUT2D eigenvalue weighted by Gasteiger charge is -2.35. The summed E-state index contributed by atoms with van der Waals surface area (Å²) in [6, 6.07) is 8.64. The Morgan fingerprint density at radius 3 is 2.50 bits per heavy atom. The molecule has 0 saturated carbocycles. The second kappa shape index (κ2) is 7.52. The Kier molecular flexibility index (Phi) is 5.70. The van der Waals surface area contributed by atoms with Crippen LogP contribution in [0.3, 0.4) is 0 Å². The van der Waals surface area contributed by atoms with Gasteiger partial charge in [0.05, 0.1) is 7.11 Å². The predicted molar refractivity (Wildman–Crippen MR) is 82.6 cm³/mol. The highest BCUT2D eigenvalue weighted by Crippen LogP contribution is 2.19. The number of hydrogen-bond donors (Lipinski definition) is 1. The quantitative estimate of drug-likeness (QED) is 0.655. The van der Waals surface area contributed by atoms with Gasteiger partial charge in [-0.1, -0.05) is 17.7 Å². The van der Waals surface area contributed by atoms with E-state index < -0.39 is 0 Å². The Morgan fingerprint density at radius 1 is 1.25 bits per heavy atom. The zero-order valence-electron chi connectivity index (χ0n) is 12.0. The summed E-state index contributed by atoms with van der Waals surface area (Å²) in [4.78, 5) is 13.4. The largest absolute Gasteiger partial charge is 0.468 e. The topological polar surface area (TPSA) is 44.8 Å². The van der Waals surface area contributed by atoms with Gasteiger partial charge in [-0.25, -0.2) is 9.03 Å². The van der Waals surface area contributed by atoms with Crippen LogP contribution in [-0.4, -0.2) is 50.1 Å². The van der Waals surface area contributed by atoms with Crippen molar-refractivity contribution in [3.05, 3.63) is 29.8 Å². The number of aryl methyl sites for hydroxylation is 1. The minimum atomic E-state index is -0.240. The van der Waals surface area contributed by atoms with E-state index in [1.165, 1.54) is 30.5 Å². The van der Waals surface area contributed by atoms with Crippen molar-refractivity contribution >= 4 is 23.8 Å². The van der Waals surface area contributed by atoms with E-state index in [1.54, 1.807) is 0 Å². The molecule has 1 fully saturated rings. The summed E-state index contributed by atoms with van der Waals surface area (Å²) in [5.74, 6) is -0.240. The zero-order valence-corrected chi connectivity index (χ0v) is 12.8. The van der Waals surface area contributed by atoms with Crippen LogP contribution in [0.1, 0.15) is 5.56 Å². The first-order valence-electron chi connectivity index (χ1n) is 6.72. The fourth-order valence-electron chi connectivity index (χ4n) is 2.05. The van der Waals surface area contributed by atoms with Crippen molar-refractivity contribution < 1.29 is 9.53 Å². The van der Waals surface area contributed by atoms with Gasteiger partial charge in [-0.2, -0.15) is 0 Å². The Balaban J connectivity index is 1.72. The number of nitrogens with one attached hydrogen (secondary N) is 1. The van der Waals surface area contributed by atoms with Gasteiger partial charge in [-0.15, -0.1) is 0 Å². The molecule has 0 atom stereocenters. The Bertz CT molecular complexity index is 431. The number of ether oxygens (including phenoxy) is 1. The predicted octanol–water partition coefficient (Wildman–Crippen LogP) is 1.44. The van der Waals surface area contributed by atoms with Crippen molar-refractivity contribution in [2.45, 2.75) is 6.92 Å². The summed E-state index contributed by atoms with van der Waals surface area (Å²) in [7, 11) is 1.40. The molecule has 20 heavy (non-hydrogen) atoms. The number of benzene rings is 1. The molecule has 0 spiro atoms. The number of methoxy groups -OCH3 is 1. The number of rotatable bonds is 5. The van der Waals surface area contributed by atoms with Crippen LogP contribution in [0.15, 0.2) is 24.3 Å². The molecule has 1 aromatic carbocycles. The summed E-state index contributed by atoms with van der Waals surface area (Å²) in [6.45, 7) is 6.26. The molecule has 1 aromatic rings. The van der Waals surface area contributed by atoms with E-state index in [4.69, 9.17) is 0 Å². The third kappa shape index (κ3) is 4.40. The maximum Gasteiger partial charge on any atom is 0.320 e. The molecule has 1 aliphatic rings. The smallest absolute Gasteiger partial charge is 0.320 e. The van der Waals surface area contributed by atoms with Crippen LogP contribution in [-0.2, 0) is 9.53 Å². The number of nitrogens with zero attached hydrogens (tertiary/aromatic N) is 2. The standard InChI is InChI=1S/C14H21N3O2S/c1-12-3-5-13(6-4-12)16-7-9-17(10-8-16)20-15-11-14(18)19-2/h3-6,15H,7-11H2,1-2H3. The highest BCUT2D eigenvalue weighted by molar-refractivity contribution is 7.95. The van der Waals surface area contributed by atoms with Gasteiger partial charge in [0, 0.05) is 44.0 Å². The molecular weight excluding hydrogens is 274 g/mol. The highest BCUT2D eigenvalue weighted by atomic mass is 32.2. The molecule has 5 nitrogen and oxygen atoms in total. The van der Waals surface area contributed by atoms with Gasteiger partial charge in [0.25, 0.3) is 0 Å². The van der Waals surface area contributed by atoms with Crippen molar-refractivity contribution in [1.82, 2.24) is 9.03 Å². The second-order valence-corrected chi connectivity index (χ2v) is 5.73. The van der Waals surface area contributed by atoms with Crippen LogP contribution >= 0.6 is 12.1 Å². The lowest BCUT2D eigenvalue weighted by atomic mass is 10.2. The number of anilines is 1. The van der Waals surface area contributed by atoms with E-state index in [1.807, 2.05) is 0 Å². The summed E-state index contributed by atoms with van der Waals surface area (Å²) < 4.78 is 9.83. The molecular formula is C14H21N3O2S. The maximum atomic E-state index is 11.0. The fourth-order valence-corrected chi connectivity index (χ4v) is 2.76. The van der Waals surface area contributed by atoms with Crippen molar-refractivity contribution in [2.24, 2.45) is 0 Å². The van der Waals surface area contributed by atoms with Crippen LogP contribution in [0.4, 0.5) is 5.69 Å². The van der Waals surface area contributed by atoms with E-state index >= 15 is 0 Å². The van der Waals surface area contributed by atoms with Gasteiger partial charge < -0.3 is 9.64 Å². The molecule has 0 bridgehead atoms. The Hall–Kier alpha value is -1.24. The van der Waals surface area contributed by atoms with Crippen molar-refractivity contribution in [1.29, 1.82) is 0 Å². The summed E-state index contributed by atoms with van der Waals surface area (Å²) in [5.41, 5.74) is 2.57. The van der Waals surface area contributed by atoms with Crippen molar-refractivity contribution in [3.8, 4) is 0 Å². The SMILES string of the molecule is COC(=O)CNSN1CCN(c2ccc(C)cc2)CC1. The number of carbonyl (C=O) groups excluding carboxylic acids is 1. The number of piperazine rings is 1. The van der Waals surface area contributed by atoms with Crippen LogP contribution in [0.5, 0.6) is 0 Å². The summed E-state index contributed by atoms with van der Waals surface area (Å²) in [6.07, 6.45) is 0. The van der Waals surface area contributed by atoms with Crippen LogP contribution in [0, 0.1) is 6.92 Å². The van der Waals surface area contributed by atoms with Crippen LogP contribution in [0.2, 0.25) is 0 Å². The normalized spacial score (nSPS) is 16.2. The minimum absolute atomic E-state index is 0.235. The summed E-state index contributed by atoms with van der Waals surface area (Å²) in [5, 5.41) is 0. The molecule has 6 heteroatoms. The number of esters is 1. The van der Waals surface area contributed by atoms with E-state index in [0.29, 0.717) is 0 Å². The lowest BCUT2D eigenvalue weighted by molar-refractivity contribution is -0.139. The maximum absolute atomic E-state index is 11.0. The molecule has 1 aliphatic heterocycles. The lowest BCUT2D eigenvalue weighted by Crippen LogP contribution is -2.44. The monoisotopic (exact) mass is 295 g/mol. The van der Waals surface area contributed by atoms with E-state index in [2.05, 4.69) is 49.9 Å². The molecule has 2 rings (SSSR count). The number of hydrogen-bond acceptors (Lipinski definition) is 6. The molecule has 1 saturated heterocycles. The van der Waals surface area contributed by atoms with Gasteiger partial charge in [-0.05, 0) is 19.1 Å². The first kappa shape index (κ1) is 15.2. The average Bonchev–Trinajstić information content (AvgIpc) is 2.48. The van der Waals surface area contributed by atoms with Gasteiger partial charge in [0.2, 0.25) is 0 Å². The molecule has 110 valence electrons. The van der Waals surface area contributed by atoms with Gasteiger partial charge in [0.1, 0.15) is 6.54 Å². The molecule has 0 aromatic heterocycles.